The molecule has 0 saturated heterocycles. The van der Waals surface area contributed by atoms with Crippen LogP contribution in [0.4, 0.5) is 0 Å². The maximum atomic E-state index is 5.72. The minimum absolute atomic E-state index is 0.799. The molecule has 2 N–H and O–H groups in total. The number of rotatable bonds is 6. The molecular formula is C14H28N2. The summed E-state index contributed by atoms with van der Waals surface area (Å²) in [4.78, 5) is 2.52. The van der Waals surface area contributed by atoms with Gasteiger partial charge in [-0.15, -0.1) is 0 Å². The summed E-state index contributed by atoms with van der Waals surface area (Å²) in [6, 6.07) is 0. The van der Waals surface area contributed by atoms with Gasteiger partial charge in [0.25, 0.3) is 0 Å². The summed E-state index contributed by atoms with van der Waals surface area (Å²) in [5, 5.41) is 0. The van der Waals surface area contributed by atoms with Gasteiger partial charge in [0.05, 0.1) is 0 Å². The highest BCUT2D eigenvalue weighted by Crippen LogP contribution is 2.28. The number of hydrogen-bond acceptors (Lipinski definition) is 2. The van der Waals surface area contributed by atoms with Gasteiger partial charge in [0.2, 0.25) is 0 Å². The fourth-order valence-corrected chi connectivity index (χ4v) is 2.70. The van der Waals surface area contributed by atoms with Crippen molar-refractivity contribution in [3.8, 4) is 0 Å². The third-order valence-corrected chi connectivity index (χ3v) is 3.76. The Balaban J connectivity index is 2.28. The van der Waals surface area contributed by atoms with E-state index in [-0.39, 0.29) is 0 Å². The van der Waals surface area contributed by atoms with E-state index in [1.165, 1.54) is 37.8 Å². The van der Waals surface area contributed by atoms with Gasteiger partial charge in [0.15, 0.2) is 0 Å². The zero-order valence-electron chi connectivity index (χ0n) is 11.0. The van der Waals surface area contributed by atoms with Crippen LogP contribution in [0.25, 0.3) is 0 Å². The van der Waals surface area contributed by atoms with Gasteiger partial charge in [-0.05, 0) is 57.5 Å². The van der Waals surface area contributed by atoms with Crippen LogP contribution in [0.2, 0.25) is 0 Å². The van der Waals surface area contributed by atoms with Crippen molar-refractivity contribution in [2.45, 2.75) is 39.5 Å². The molecule has 0 aromatic carbocycles. The predicted molar refractivity (Wildman–Crippen MR) is 71.4 cm³/mol. The highest BCUT2D eigenvalue weighted by atomic mass is 15.1. The highest BCUT2D eigenvalue weighted by molar-refractivity contribution is 4.92. The predicted octanol–water partition coefficient (Wildman–Crippen LogP) is 2.65. The first-order valence-electron chi connectivity index (χ1n) is 6.72. The Bertz CT molecular complexity index is 205. The fraction of sp³-hybridized carbons (Fsp3) is 0.857. The second-order valence-corrected chi connectivity index (χ2v) is 5.41. The van der Waals surface area contributed by atoms with E-state index in [1.54, 1.807) is 0 Å². The second kappa shape index (κ2) is 7.08. The molecule has 0 spiro atoms. The summed E-state index contributed by atoms with van der Waals surface area (Å²) in [7, 11) is 0. The zero-order valence-corrected chi connectivity index (χ0v) is 11.0. The van der Waals surface area contributed by atoms with E-state index in [0.29, 0.717) is 0 Å². The van der Waals surface area contributed by atoms with Crippen molar-refractivity contribution in [2.75, 3.05) is 26.2 Å². The zero-order chi connectivity index (χ0) is 12.0. The molecule has 1 aliphatic rings. The molecule has 16 heavy (non-hydrogen) atoms. The van der Waals surface area contributed by atoms with Gasteiger partial charge in [-0.2, -0.15) is 0 Å². The quantitative estimate of drug-likeness (QED) is 0.703. The van der Waals surface area contributed by atoms with Gasteiger partial charge in [0.1, 0.15) is 0 Å². The second-order valence-electron chi connectivity index (χ2n) is 5.41. The fourth-order valence-electron chi connectivity index (χ4n) is 2.70. The van der Waals surface area contributed by atoms with Gasteiger partial charge >= 0.3 is 0 Å². The van der Waals surface area contributed by atoms with Crippen molar-refractivity contribution < 1.29 is 0 Å². The SMILES string of the molecule is C=C(C)CN(CC)CC1CCC(CN)CC1. The van der Waals surface area contributed by atoms with Crippen LogP contribution in [0.5, 0.6) is 0 Å². The summed E-state index contributed by atoms with van der Waals surface area (Å²) in [6.07, 6.45) is 5.42. The summed E-state index contributed by atoms with van der Waals surface area (Å²) in [5.41, 5.74) is 7.00. The van der Waals surface area contributed by atoms with E-state index in [4.69, 9.17) is 5.73 Å². The molecule has 0 aromatic rings. The molecule has 0 aromatic heterocycles. The number of nitrogens with zero attached hydrogens (tertiary/aromatic N) is 1. The van der Waals surface area contributed by atoms with Crippen molar-refractivity contribution in [1.29, 1.82) is 0 Å². The molecule has 0 aliphatic heterocycles. The monoisotopic (exact) mass is 224 g/mol. The molecular weight excluding hydrogens is 196 g/mol. The summed E-state index contributed by atoms with van der Waals surface area (Å²) >= 11 is 0. The minimum atomic E-state index is 0.799. The van der Waals surface area contributed by atoms with Crippen LogP contribution in [-0.4, -0.2) is 31.1 Å². The topological polar surface area (TPSA) is 29.3 Å². The Morgan fingerprint density at radius 3 is 2.25 bits per heavy atom. The van der Waals surface area contributed by atoms with E-state index in [2.05, 4.69) is 25.3 Å². The third-order valence-electron chi connectivity index (χ3n) is 3.76. The van der Waals surface area contributed by atoms with Gasteiger partial charge in [-0.25, -0.2) is 0 Å². The average Bonchev–Trinajstić information content (AvgIpc) is 2.28. The molecule has 0 radical (unpaired) electrons. The molecule has 1 saturated carbocycles. The highest BCUT2D eigenvalue weighted by Gasteiger charge is 2.21. The molecule has 1 rings (SSSR count). The van der Waals surface area contributed by atoms with Crippen molar-refractivity contribution in [2.24, 2.45) is 17.6 Å². The lowest BCUT2D eigenvalue weighted by molar-refractivity contribution is 0.196. The third kappa shape index (κ3) is 4.67. The molecule has 1 fully saturated rings. The first-order valence-corrected chi connectivity index (χ1v) is 6.72. The molecule has 0 amide bonds. The van der Waals surface area contributed by atoms with Crippen LogP contribution in [0, 0.1) is 11.8 Å². The van der Waals surface area contributed by atoms with E-state index >= 15 is 0 Å². The van der Waals surface area contributed by atoms with Gasteiger partial charge in [0, 0.05) is 13.1 Å². The molecule has 0 heterocycles. The van der Waals surface area contributed by atoms with Gasteiger partial charge in [-0.1, -0.05) is 19.1 Å². The molecule has 2 heteroatoms. The number of likely N-dealkylation sites (N-methyl/N-ethyl adjacent to an activating group) is 1. The molecule has 94 valence electrons. The van der Waals surface area contributed by atoms with Crippen LogP contribution >= 0.6 is 0 Å². The number of nitrogens with two attached hydrogens (primary N) is 1. The lowest BCUT2D eigenvalue weighted by atomic mass is 9.82. The van der Waals surface area contributed by atoms with Gasteiger partial charge < -0.3 is 5.73 Å². The first-order chi connectivity index (χ1) is 7.65. The van der Waals surface area contributed by atoms with Crippen LogP contribution in [-0.2, 0) is 0 Å². The van der Waals surface area contributed by atoms with Crippen molar-refractivity contribution in [1.82, 2.24) is 4.90 Å². The van der Waals surface area contributed by atoms with Crippen molar-refractivity contribution in [3.63, 3.8) is 0 Å². The Hall–Kier alpha value is -0.340. The molecule has 1 aliphatic carbocycles. The molecule has 0 bridgehead atoms. The average molecular weight is 224 g/mol. The Labute approximate surface area is 101 Å². The molecule has 2 nitrogen and oxygen atoms in total. The molecule has 0 atom stereocenters. The smallest absolute Gasteiger partial charge is 0.0187 e. The normalized spacial score (nSPS) is 26.0. The van der Waals surface area contributed by atoms with E-state index in [1.807, 2.05) is 0 Å². The van der Waals surface area contributed by atoms with Crippen LogP contribution in [0.1, 0.15) is 39.5 Å². The lowest BCUT2D eigenvalue weighted by Crippen LogP contribution is -2.33. The van der Waals surface area contributed by atoms with Crippen molar-refractivity contribution >= 4 is 0 Å². The summed E-state index contributed by atoms with van der Waals surface area (Å²) in [5.74, 6) is 1.69. The first kappa shape index (κ1) is 13.7. The lowest BCUT2D eigenvalue weighted by Gasteiger charge is -2.32. The summed E-state index contributed by atoms with van der Waals surface area (Å²) < 4.78 is 0. The largest absolute Gasteiger partial charge is 0.330 e. The number of hydrogen-bond donors (Lipinski definition) is 1. The standard InChI is InChI=1S/C14H28N2/c1-4-16(10-12(2)3)11-14-7-5-13(9-15)6-8-14/h13-14H,2,4-11,15H2,1,3H3. The van der Waals surface area contributed by atoms with Crippen LogP contribution in [0.3, 0.4) is 0 Å². The maximum Gasteiger partial charge on any atom is 0.0187 e. The Kier molecular flexibility index (Phi) is 6.07. The van der Waals surface area contributed by atoms with Crippen molar-refractivity contribution in [3.05, 3.63) is 12.2 Å². The van der Waals surface area contributed by atoms with Crippen LogP contribution < -0.4 is 5.73 Å². The maximum absolute atomic E-state index is 5.72. The molecule has 0 unspecified atom stereocenters. The van der Waals surface area contributed by atoms with E-state index < -0.39 is 0 Å². The van der Waals surface area contributed by atoms with E-state index in [0.717, 1.165) is 31.5 Å². The minimum Gasteiger partial charge on any atom is -0.330 e. The Morgan fingerprint density at radius 2 is 1.81 bits per heavy atom. The summed E-state index contributed by atoms with van der Waals surface area (Å²) in [6.45, 7) is 12.7. The van der Waals surface area contributed by atoms with Crippen LogP contribution in [0.15, 0.2) is 12.2 Å². The van der Waals surface area contributed by atoms with E-state index in [9.17, 15) is 0 Å². The Morgan fingerprint density at radius 1 is 1.25 bits per heavy atom. The van der Waals surface area contributed by atoms with Gasteiger partial charge in [-0.3, -0.25) is 4.90 Å².